The number of urea groups is 1. The van der Waals surface area contributed by atoms with Crippen LogP contribution in [0.4, 0.5) is 10.5 Å². The highest BCUT2D eigenvalue weighted by atomic mass is 35.5. The molecular formula is C26H20Cl2N2O5. The summed E-state index contributed by atoms with van der Waals surface area (Å²) in [5.74, 6) is -0.676. The van der Waals surface area contributed by atoms with Crippen molar-refractivity contribution in [1.82, 2.24) is 5.32 Å². The van der Waals surface area contributed by atoms with Crippen LogP contribution in [-0.2, 0) is 16.2 Å². The number of nitrogens with zero attached hydrogens (tertiary/aromatic N) is 1. The zero-order valence-corrected chi connectivity index (χ0v) is 20.3. The number of aryl methyl sites for hydroxylation is 1. The van der Waals surface area contributed by atoms with Gasteiger partial charge in [-0.3, -0.25) is 14.9 Å². The van der Waals surface area contributed by atoms with Crippen molar-refractivity contribution in [3.05, 3.63) is 93.0 Å². The maximum absolute atomic E-state index is 13.2. The molecule has 0 unspecified atom stereocenters. The Kier molecular flexibility index (Phi) is 7.10. The van der Waals surface area contributed by atoms with Crippen molar-refractivity contribution in [3.8, 4) is 11.5 Å². The Balaban J connectivity index is 1.62. The number of imide groups is 2. The molecule has 7 nitrogen and oxygen atoms in total. The fourth-order valence-electron chi connectivity index (χ4n) is 3.55. The minimum absolute atomic E-state index is 0.210. The van der Waals surface area contributed by atoms with Gasteiger partial charge in [-0.15, -0.1) is 0 Å². The molecule has 1 N–H and O–H groups in total. The predicted octanol–water partition coefficient (Wildman–Crippen LogP) is 5.56. The molecule has 1 fully saturated rings. The SMILES string of the molecule is COc1cc(/C=C2\C(=O)NC(=O)N(c3cc(Cl)ccc3C)C2=O)ccc1OCc1cccc(Cl)c1. The normalized spacial score (nSPS) is 14.8. The molecule has 0 aromatic heterocycles. The fraction of sp³-hybridized carbons (Fsp3) is 0.115. The second-order valence-electron chi connectivity index (χ2n) is 7.72. The zero-order valence-electron chi connectivity index (χ0n) is 18.8. The summed E-state index contributed by atoms with van der Waals surface area (Å²) in [6, 6.07) is 16.3. The Bertz CT molecular complexity index is 1370. The molecule has 9 heteroatoms. The van der Waals surface area contributed by atoms with Crippen molar-refractivity contribution in [2.45, 2.75) is 13.5 Å². The Morgan fingerprint density at radius 2 is 1.71 bits per heavy atom. The van der Waals surface area contributed by atoms with Gasteiger partial charge in [0.2, 0.25) is 0 Å². The molecule has 4 rings (SSSR count). The summed E-state index contributed by atoms with van der Waals surface area (Å²) >= 11 is 12.1. The monoisotopic (exact) mass is 510 g/mol. The van der Waals surface area contributed by atoms with Crippen LogP contribution in [0.3, 0.4) is 0 Å². The molecule has 1 aliphatic heterocycles. The van der Waals surface area contributed by atoms with Gasteiger partial charge in [-0.05, 0) is 66.1 Å². The molecule has 1 heterocycles. The van der Waals surface area contributed by atoms with Crippen molar-refractivity contribution >= 4 is 52.8 Å². The Morgan fingerprint density at radius 3 is 2.46 bits per heavy atom. The number of carbonyl (C=O) groups excluding carboxylic acids is 3. The van der Waals surface area contributed by atoms with E-state index in [1.807, 2.05) is 12.1 Å². The van der Waals surface area contributed by atoms with E-state index in [4.69, 9.17) is 32.7 Å². The van der Waals surface area contributed by atoms with Crippen molar-refractivity contribution in [2.75, 3.05) is 12.0 Å². The van der Waals surface area contributed by atoms with Gasteiger partial charge in [-0.25, -0.2) is 9.69 Å². The lowest BCUT2D eigenvalue weighted by Crippen LogP contribution is -2.54. The Hall–Kier alpha value is -3.81. The number of hydrogen-bond acceptors (Lipinski definition) is 5. The summed E-state index contributed by atoms with van der Waals surface area (Å²) in [7, 11) is 1.49. The van der Waals surface area contributed by atoms with Crippen LogP contribution in [0.5, 0.6) is 11.5 Å². The first-order valence-corrected chi connectivity index (χ1v) is 11.3. The number of hydrogen-bond donors (Lipinski definition) is 1. The summed E-state index contributed by atoms with van der Waals surface area (Å²) in [4.78, 5) is 39.1. The summed E-state index contributed by atoms with van der Waals surface area (Å²) < 4.78 is 11.3. The number of benzene rings is 3. The number of barbiturate groups is 1. The third-order valence-corrected chi connectivity index (χ3v) is 5.77. The number of halogens is 2. The van der Waals surface area contributed by atoms with Gasteiger partial charge in [-0.1, -0.05) is 47.5 Å². The Labute approximate surface area is 211 Å². The number of rotatable bonds is 6. The van der Waals surface area contributed by atoms with Crippen molar-refractivity contribution in [1.29, 1.82) is 0 Å². The third-order valence-electron chi connectivity index (χ3n) is 5.30. The number of carbonyl (C=O) groups is 3. The van der Waals surface area contributed by atoms with Gasteiger partial charge in [0.15, 0.2) is 11.5 Å². The van der Waals surface area contributed by atoms with Gasteiger partial charge < -0.3 is 9.47 Å². The average molecular weight is 511 g/mol. The van der Waals surface area contributed by atoms with Crippen molar-refractivity contribution in [2.24, 2.45) is 0 Å². The van der Waals surface area contributed by atoms with Gasteiger partial charge in [0, 0.05) is 10.0 Å². The van der Waals surface area contributed by atoms with Crippen molar-refractivity contribution in [3.63, 3.8) is 0 Å². The first-order valence-electron chi connectivity index (χ1n) is 10.5. The molecule has 0 atom stereocenters. The van der Waals surface area contributed by atoms with Crippen LogP contribution in [0.2, 0.25) is 10.0 Å². The minimum Gasteiger partial charge on any atom is -0.493 e. The quantitative estimate of drug-likeness (QED) is 0.346. The van der Waals surface area contributed by atoms with Crippen LogP contribution in [0.15, 0.2) is 66.2 Å². The average Bonchev–Trinajstić information content (AvgIpc) is 2.82. The largest absolute Gasteiger partial charge is 0.493 e. The molecule has 0 bridgehead atoms. The molecule has 1 saturated heterocycles. The van der Waals surface area contributed by atoms with Crippen LogP contribution < -0.4 is 19.7 Å². The molecule has 35 heavy (non-hydrogen) atoms. The number of nitrogens with one attached hydrogen (secondary N) is 1. The van der Waals surface area contributed by atoms with Crippen molar-refractivity contribution < 1.29 is 23.9 Å². The maximum atomic E-state index is 13.2. The third kappa shape index (κ3) is 5.31. The van der Waals surface area contributed by atoms with Crippen LogP contribution in [-0.4, -0.2) is 25.0 Å². The molecule has 0 aliphatic carbocycles. The molecule has 0 saturated carbocycles. The predicted molar refractivity (Wildman–Crippen MR) is 134 cm³/mol. The molecule has 0 radical (unpaired) electrons. The summed E-state index contributed by atoms with van der Waals surface area (Å²) in [6.07, 6.45) is 1.39. The van der Waals surface area contributed by atoms with E-state index in [1.165, 1.54) is 19.3 Å². The molecule has 4 amide bonds. The van der Waals surface area contributed by atoms with E-state index in [0.29, 0.717) is 38.4 Å². The highest BCUT2D eigenvalue weighted by molar-refractivity contribution is 6.39. The lowest BCUT2D eigenvalue weighted by Gasteiger charge is -2.27. The van der Waals surface area contributed by atoms with E-state index in [2.05, 4.69) is 5.32 Å². The molecule has 0 spiro atoms. The lowest BCUT2D eigenvalue weighted by atomic mass is 10.1. The van der Waals surface area contributed by atoms with Crippen LogP contribution in [0, 0.1) is 6.92 Å². The number of amides is 4. The molecule has 3 aromatic carbocycles. The number of anilines is 1. The maximum Gasteiger partial charge on any atom is 0.335 e. The zero-order chi connectivity index (χ0) is 25.1. The fourth-order valence-corrected chi connectivity index (χ4v) is 3.93. The highest BCUT2D eigenvalue weighted by Gasteiger charge is 2.37. The van der Waals surface area contributed by atoms with Gasteiger partial charge >= 0.3 is 6.03 Å². The van der Waals surface area contributed by atoms with Crippen LogP contribution >= 0.6 is 23.2 Å². The van der Waals surface area contributed by atoms with Crippen LogP contribution in [0.25, 0.3) is 6.08 Å². The summed E-state index contributed by atoms with van der Waals surface area (Å²) in [5.41, 5.74) is 2.12. The summed E-state index contributed by atoms with van der Waals surface area (Å²) in [6.45, 7) is 2.01. The number of methoxy groups -OCH3 is 1. The van der Waals surface area contributed by atoms with E-state index in [-0.39, 0.29) is 12.2 Å². The topological polar surface area (TPSA) is 84.9 Å². The van der Waals surface area contributed by atoms with E-state index in [0.717, 1.165) is 10.5 Å². The van der Waals surface area contributed by atoms with E-state index >= 15 is 0 Å². The van der Waals surface area contributed by atoms with E-state index in [9.17, 15) is 14.4 Å². The molecule has 178 valence electrons. The first-order chi connectivity index (χ1) is 16.8. The van der Waals surface area contributed by atoms with Gasteiger partial charge in [0.05, 0.1) is 12.8 Å². The lowest BCUT2D eigenvalue weighted by molar-refractivity contribution is -0.122. The second kappa shape index (κ2) is 10.2. The van der Waals surface area contributed by atoms with Crippen LogP contribution in [0.1, 0.15) is 16.7 Å². The molecular weight excluding hydrogens is 491 g/mol. The summed E-state index contributed by atoms with van der Waals surface area (Å²) in [5, 5.41) is 3.17. The Morgan fingerprint density at radius 1 is 0.943 bits per heavy atom. The minimum atomic E-state index is -0.843. The number of ether oxygens (including phenoxy) is 2. The second-order valence-corrected chi connectivity index (χ2v) is 8.59. The van der Waals surface area contributed by atoms with Gasteiger partial charge in [-0.2, -0.15) is 0 Å². The molecule has 1 aliphatic rings. The first kappa shape index (κ1) is 24.3. The smallest absolute Gasteiger partial charge is 0.335 e. The molecule has 3 aromatic rings. The highest BCUT2D eigenvalue weighted by Crippen LogP contribution is 2.31. The standard InChI is InChI=1S/C26H20Cl2N2O5/c1-15-6-8-19(28)13-21(15)30-25(32)20(24(31)29-26(30)33)11-16-7-9-22(23(12-16)34-2)35-14-17-4-3-5-18(27)10-17/h3-13H,14H2,1-2H3,(H,29,31,33)/b20-11+. The van der Waals surface area contributed by atoms with E-state index < -0.39 is 17.8 Å². The van der Waals surface area contributed by atoms with Gasteiger partial charge in [0.25, 0.3) is 11.8 Å². The van der Waals surface area contributed by atoms with Gasteiger partial charge in [0.1, 0.15) is 12.2 Å². The van der Waals surface area contributed by atoms with E-state index in [1.54, 1.807) is 49.4 Å².